The molecule has 6 heteroatoms. The lowest BCUT2D eigenvalue weighted by molar-refractivity contribution is -0.120. The molecule has 2 aromatic carbocycles. The lowest BCUT2D eigenvalue weighted by Crippen LogP contribution is -2.47. The van der Waals surface area contributed by atoms with Gasteiger partial charge in [0.1, 0.15) is 6.17 Å². The predicted octanol–water partition coefficient (Wildman–Crippen LogP) is 1.79. The number of aryl methyl sites for hydroxylation is 1. The van der Waals surface area contributed by atoms with E-state index in [0.29, 0.717) is 18.7 Å². The van der Waals surface area contributed by atoms with Gasteiger partial charge in [0.15, 0.2) is 0 Å². The maximum Gasteiger partial charge on any atom is 0.255 e. The fourth-order valence-electron chi connectivity index (χ4n) is 3.39. The van der Waals surface area contributed by atoms with E-state index in [1.165, 1.54) is 0 Å². The Kier molecular flexibility index (Phi) is 3.80. The van der Waals surface area contributed by atoms with E-state index in [0.717, 1.165) is 29.0 Å². The Bertz CT molecular complexity index is 832. The van der Waals surface area contributed by atoms with Gasteiger partial charge in [-0.1, -0.05) is 24.3 Å². The second-order valence-electron chi connectivity index (χ2n) is 6.41. The quantitative estimate of drug-likeness (QED) is 0.782. The lowest BCUT2D eigenvalue weighted by atomic mass is 10.0. The van der Waals surface area contributed by atoms with Gasteiger partial charge in [0, 0.05) is 24.5 Å². The summed E-state index contributed by atoms with van der Waals surface area (Å²) in [6, 6.07) is 13.8. The molecular formula is C19H20N4O2. The molecule has 0 radical (unpaired) electrons. The van der Waals surface area contributed by atoms with Crippen molar-refractivity contribution in [1.82, 2.24) is 10.6 Å². The molecule has 0 aliphatic carbocycles. The smallest absolute Gasteiger partial charge is 0.255 e. The van der Waals surface area contributed by atoms with Crippen LogP contribution in [0.25, 0.3) is 0 Å². The third kappa shape index (κ3) is 2.91. The predicted molar refractivity (Wildman–Crippen MR) is 96.7 cm³/mol. The first-order chi connectivity index (χ1) is 12.1. The summed E-state index contributed by atoms with van der Waals surface area (Å²) in [5.74, 6) is -0.0165. The first kappa shape index (κ1) is 15.5. The Morgan fingerprint density at radius 2 is 1.84 bits per heavy atom. The molecule has 0 bridgehead atoms. The monoisotopic (exact) mass is 336 g/mol. The van der Waals surface area contributed by atoms with Gasteiger partial charge in [-0.3, -0.25) is 9.59 Å². The molecule has 0 aromatic heterocycles. The van der Waals surface area contributed by atoms with E-state index in [1.54, 1.807) is 0 Å². The van der Waals surface area contributed by atoms with E-state index in [9.17, 15) is 9.59 Å². The highest BCUT2D eigenvalue weighted by molar-refractivity contribution is 6.03. The molecule has 1 saturated heterocycles. The number of fused-ring (bicyclic) bond motifs is 1. The van der Waals surface area contributed by atoms with E-state index < -0.39 is 0 Å². The van der Waals surface area contributed by atoms with Crippen LogP contribution in [0.1, 0.15) is 27.7 Å². The van der Waals surface area contributed by atoms with E-state index in [1.807, 2.05) is 54.3 Å². The maximum atomic E-state index is 12.4. The number of carbonyl (C=O) groups excluding carboxylic acids is 2. The van der Waals surface area contributed by atoms with Crippen LogP contribution in [0.15, 0.2) is 42.5 Å². The average molecular weight is 336 g/mol. The van der Waals surface area contributed by atoms with Crippen molar-refractivity contribution in [3.8, 4) is 0 Å². The van der Waals surface area contributed by atoms with Crippen molar-refractivity contribution in [2.45, 2.75) is 13.1 Å². The molecule has 1 fully saturated rings. The third-order valence-corrected chi connectivity index (χ3v) is 4.71. The van der Waals surface area contributed by atoms with Gasteiger partial charge in [-0.25, -0.2) is 0 Å². The van der Waals surface area contributed by atoms with Gasteiger partial charge < -0.3 is 20.9 Å². The van der Waals surface area contributed by atoms with E-state index in [2.05, 4.69) is 16.0 Å². The number of rotatable bonds is 2. The minimum atomic E-state index is -0.263. The Hall–Kier alpha value is -3.02. The van der Waals surface area contributed by atoms with Crippen molar-refractivity contribution in [1.29, 1.82) is 0 Å². The summed E-state index contributed by atoms with van der Waals surface area (Å²) in [7, 11) is 0. The first-order valence-corrected chi connectivity index (χ1v) is 8.40. The van der Waals surface area contributed by atoms with Crippen molar-refractivity contribution in [2.75, 3.05) is 29.9 Å². The maximum absolute atomic E-state index is 12.4. The van der Waals surface area contributed by atoms with Gasteiger partial charge in [-0.05, 0) is 36.2 Å². The van der Waals surface area contributed by atoms with Gasteiger partial charge >= 0.3 is 0 Å². The number of nitrogens with zero attached hydrogens (tertiary/aromatic N) is 1. The van der Waals surface area contributed by atoms with Crippen LogP contribution in [-0.4, -0.2) is 31.4 Å². The number of anilines is 2. The van der Waals surface area contributed by atoms with Gasteiger partial charge in [-0.15, -0.1) is 0 Å². The average Bonchev–Trinajstić information content (AvgIpc) is 2.61. The molecule has 25 heavy (non-hydrogen) atoms. The number of carbonyl (C=O) groups is 2. The van der Waals surface area contributed by atoms with Gasteiger partial charge in [0.25, 0.3) is 5.91 Å². The number of hydrogen-bond donors (Lipinski definition) is 3. The molecule has 6 nitrogen and oxygen atoms in total. The van der Waals surface area contributed by atoms with Crippen molar-refractivity contribution >= 4 is 23.2 Å². The van der Waals surface area contributed by atoms with Gasteiger partial charge in [0.2, 0.25) is 5.91 Å². The Morgan fingerprint density at radius 3 is 2.60 bits per heavy atom. The van der Waals surface area contributed by atoms with Crippen LogP contribution in [0.2, 0.25) is 0 Å². The molecule has 3 N–H and O–H groups in total. The first-order valence-electron chi connectivity index (χ1n) is 8.40. The van der Waals surface area contributed by atoms with Crippen LogP contribution >= 0.6 is 0 Å². The minimum Gasteiger partial charge on any atom is -0.361 e. The van der Waals surface area contributed by atoms with Crippen LogP contribution in [0.5, 0.6) is 0 Å². The molecule has 2 aliphatic heterocycles. The molecule has 1 atom stereocenters. The number of benzene rings is 2. The highest BCUT2D eigenvalue weighted by Crippen LogP contribution is 2.29. The second-order valence-corrected chi connectivity index (χ2v) is 6.41. The number of hydrogen-bond acceptors (Lipinski definition) is 4. The topological polar surface area (TPSA) is 73.5 Å². The van der Waals surface area contributed by atoms with Gasteiger partial charge in [-0.2, -0.15) is 0 Å². The highest BCUT2D eigenvalue weighted by Gasteiger charge is 2.26. The van der Waals surface area contributed by atoms with Gasteiger partial charge in [0.05, 0.1) is 12.1 Å². The molecule has 2 aromatic rings. The number of amides is 2. The standard InChI is InChI=1S/C19H20N4O2/c1-12-3-2-4-15-17(12)19(25)22-18(21-15)13-5-7-14(8-6-13)23-10-9-20-16(24)11-23/h2-8,18,21H,9-11H2,1H3,(H,20,24)(H,22,25)/t18-/m0/s1. The van der Waals surface area contributed by atoms with E-state index >= 15 is 0 Å². The largest absolute Gasteiger partial charge is 0.361 e. The highest BCUT2D eigenvalue weighted by atomic mass is 16.2. The number of nitrogens with one attached hydrogen (secondary N) is 3. The SMILES string of the molecule is Cc1cccc2c1C(=O)N[C@@H](c1ccc(N3CCNC(=O)C3)cc1)N2. The molecule has 0 unspecified atom stereocenters. The molecule has 128 valence electrons. The van der Waals surface area contributed by atoms with Crippen molar-refractivity contribution in [2.24, 2.45) is 0 Å². The summed E-state index contributed by atoms with van der Waals surface area (Å²) in [6.07, 6.45) is -0.263. The molecule has 0 spiro atoms. The molecular weight excluding hydrogens is 316 g/mol. The van der Waals surface area contributed by atoms with Crippen LogP contribution < -0.4 is 20.9 Å². The van der Waals surface area contributed by atoms with E-state index in [-0.39, 0.29) is 18.0 Å². The van der Waals surface area contributed by atoms with Crippen LogP contribution in [-0.2, 0) is 4.79 Å². The Labute approximate surface area is 146 Å². The lowest BCUT2D eigenvalue weighted by Gasteiger charge is -2.31. The summed E-state index contributed by atoms with van der Waals surface area (Å²) in [4.78, 5) is 26.0. The van der Waals surface area contributed by atoms with Crippen LogP contribution in [0, 0.1) is 6.92 Å². The molecule has 2 amide bonds. The molecule has 4 rings (SSSR count). The Morgan fingerprint density at radius 1 is 1.04 bits per heavy atom. The zero-order chi connectivity index (χ0) is 17.4. The summed E-state index contributed by atoms with van der Waals surface area (Å²) in [5.41, 5.74) is 4.50. The fourth-order valence-corrected chi connectivity index (χ4v) is 3.39. The number of piperazine rings is 1. The van der Waals surface area contributed by atoms with E-state index in [4.69, 9.17) is 0 Å². The summed E-state index contributed by atoms with van der Waals surface area (Å²) in [5, 5.41) is 9.21. The normalized spacial score (nSPS) is 19.6. The van der Waals surface area contributed by atoms with Crippen molar-refractivity contribution < 1.29 is 9.59 Å². The van der Waals surface area contributed by atoms with Crippen LogP contribution in [0.4, 0.5) is 11.4 Å². The fraction of sp³-hybridized carbons (Fsp3) is 0.263. The summed E-state index contributed by atoms with van der Waals surface area (Å²) < 4.78 is 0. The van der Waals surface area contributed by atoms with Crippen LogP contribution in [0.3, 0.4) is 0 Å². The second kappa shape index (κ2) is 6.12. The zero-order valence-electron chi connectivity index (χ0n) is 14.0. The summed E-state index contributed by atoms with van der Waals surface area (Å²) >= 11 is 0. The Balaban J connectivity index is 1.55. The van der Waals surface area contributed by atoms with Crippen molar-refractivity contribution in [3.05, 3.63) is 59.2 Å². The third-order valence-electron chi connectivity index (χ3n) is 4.71. The minimum absolute atomic E-state index is 0.0449. The molecule has 0 saturated carbocycles. The zero-order valence-corrected chi connectivity index (χ0v) is 14.0. The molecule has 2 aliphatic rings. The molecule has 2 heterocycles. The summed E-state index contributed by atoms with van der Waals surface area (Å²) in [6.45, 7) is 3.78. The van der Waals surface area contributed by atoms with Crippen molar-refractivity contribution in [3.63, 3.8) is 0 Å².